The van der Waals surface area contributed by atoms with Gasteiger partial charge in [-0.3, -0.25) is 14.6 Å². The highest BCUT2D eigenvalue weighted by molar-refractivity contribution is 6.15. The summed E-state index contributed by atoms with van der Waals surface area (Å²) in [7, 11) is 1.60. The molecular formula is C21H25N3O2. The van der Waals surface area contributed by atoms with Gasteiger partial charge in [-0.1, -0.05) is 31.5 Å². The van der Waals surface area contributed by atoms with Gasteiger partial charge in [0.05, 0.1) is 12.1 Å². The van der Waals surface area contributed by atoms with Crippen LogP contribution in [0.15, 0.2) is 52.2 Å². The summed E-state index contributed by atoms with van der Waals surface area (Å²) in [4.78, 5) is 31.9. The number of carbonyl (C=O) groups is 2. The Bertz CT molecular complexity index is 858. The molecule has 0 spiro atoms. The van der Waals surface area contributed by atoms with Crippen LogP contribution >= 0.6 is 0 Å². The van der Waals surface area contributed by atoms with Crippen LogP contribution in [-0.2, 0) is 4.79 Å². The summed E-state index contributed by atoms with van der Waals surface area (Å²) in [6, 6.07) is 7.51. The van der Waals surface area contributed by atoms with E-state index in [0.717, 1.165) is 22.4 Å². The minimum atomic E-state index is -0.275. The van der Waals surface area contributed by atoms with E-state index in [2.05, 4.69) is 24.2 Å². The maximum atomic E-state index is 13.1. The normalized spacial score (nSPS) is 18.7. The Morgan fingerprint density at radius 2 is 1.81 bits per heavy atom. The molecule has 2 aliphatic heterocycles. The Morgan fingerprint density at radius 1 is 1.15 bits per heavy atom. The molecule has 0 radical (unpaired) electrons. The van der Waals surface area contributed by atoms with E-state index in [9.17, 15) is 9.59 Å². The Labute approximate surface area is 154 Å². The first kappa shape index (κ1) is 18.1. The maximum absolute atomic E-state index is 13.1. The van der Waals surface area contributed by atoms with Gasteiger partial charge in [-0.25, -0.2) is 0 Å². The number of likely N-dealkylation sites (N-methyl/N-ethyl adjacent to an activating group) is 1. The van der Waals surface area contributed by atoms with Crippen molar-refractivity contribution in [3.05, 3.63) is 58.3 Å². The molecule has 1 aromatic rings. The summed E-state index contributed by atoms with van der Waals surface area (Å²) in [6.45, 7) is 9.20. The van der Waals surface area contributed by atoms with Gasteiger partial charge in [-0.2, -0.15) is 0 Å². The number of nitrogens with one attached hydrogen (secondary N) is 1. The molecule has 5 heteroatoms. The number of benzene rings is 1. The second-order valence-electron chi connectivity index (χ2n) is 7.56. The molecule has 0 fully saturated rings. The van der Waals surface area contributed by atoms with Crippen LogP contribution in [0.25, 0.3) is 0 Å². The third-order valence-electron chi connectivity index (χ3n) is 5.11. The molecule has 0 atom stereocenters. The number of nitrogens with zero attached hydrogens (tertiary/aromatic N) is 2. The lowest BCUT2D eigenvalue weighted by Gasteiger charge is -2.30. The van der Waals surface area contributed by atoms with Crippen molar-refractivity contribution in [3.8, 4) is 0 Å². The Kier molecular flexibility index (Phi) is 4.57. The molecule has 3 rings (SSSR count). The summed E-state index contributed by atoms with van der Waals surface area (Å²) in [5.74, 6) is -0.302. The zero-order chi connectivity index (χ0) is 19.1. The predicted octanol–water partition coefficient (Wildman–Crippen LogP) is 2.88. The molecule has 0 unspecified atom stereocenters. The molecule has 0 saturated carbocycles. The number of hydrogen-bond acceptors (Lipinski definition) is 3. The number of carbonyl (C=O) groups excluding carboxylic acids is 2. The second-order valence-corrected chi connectivity index (χ2v) is 7.56. The van der Waals surface area contributed by atoms with Gasteiger partial charge in [0.1, 0.15) is 0 Å². The van der Waals surface area contributed by atoms with Crippen LogP contribution < -0.4 is 5.32 Å². The highest BCUT2D eigenvalue weighted by atomic mass is 16.2. The van der Waals surface area contributed by atoms with E-state index in [1.807, 2.05) is 38.1 Å². The molecule has 0 saturated heterocycles. The predicted molar refractivity (Wildman–Crippen MR) is 103 cm³/mol. The van der Waals surface area contributed by atoms with Gasteiger partial charge in [-0.15, -0.1) is 0 Å². The van der Waals surface area contributed by atoms with E-state index in [4.69, 9.17) is 0 Å². The zero-order valence-corrected chi connectivity index (χ0v) is 16.0. The minimum Gasteiger partial charge on any atom is -0.355 e. The first-order valence-corrected chi connectivity index (χ1v) is 8.81. The first-order chi connectivity index (χ1) is 12.2. The van der Waals surface area contributed by atoms with E-state index >= 15 is 0 Å². The molecule has 5 nitrogen and oxygen atoms in total. The van der Waals surface area contributed by atoms with Crippen molar-refractivity contribution < 1.29 is 9.59 Å². The van der Waals surface area contributed by atoms with E-state index in [-0.39, 0.29) is 17.2 Å². The van der Waals surface area contributed by atoms with Crippen molar-refractivity contribution in [1.82, 2.24) is 10.2 Å². The Hall–Kier alpha value is -2.69. The van der Waals surface area contributed by atoms with Crippen LogP contribution in [0.4, 0.5) is 0 Å². The summed E-state index contributed by atoms with van der Waals surface area (Å²) in [6.07, 6.45) is 1.69. The van der Waals surface area contributed by atoms with Gasteiger partial charge in [0.15, 0.2) is 0 Å². The van der Waals surface area contributed by atoms with E-state index in [0.29, 0.717) is 24.2 Å². The van der Waals surface area contributed by atoms with Gasteiger partial charge in [0.2, 0.25) is 0 Å². The fourth-order valence-corrected chi connectivity index (χ4v) is 3.57. The number of amides is 2. The molecule has 0 aromatic heterocycles. The summed E-state index contributed by atoms with van der Waals surface area (Å²) >= 11 is 0. The second kappa shape index (κ2) is 6.56. The minimum absolute atomic E-state index is 0.102. The van der Waals surface area contributed by atoms with Crippen molar-refractivity contribution >= 4 is 17.5 Å². The topological polar surface area (TPSA) is 61.8 Å². The summed E-state index contributed by atoms with van der Waals surface area (Å²) in [5.41, 5.74) is 4.80. The fraction of sp³-hybridized carbons (Fsp3) is 0.381. The summed E-state index contributed by atoms with van der Waals surface area (Å²) in [5, 5.41) is 2.70. The smallest absolute Gasteiger partial charge is 0.257 e. The molecule has 26 heavy (non-hydrogen) atoms. The lowest BCUT2D eigenvalue weighted by atomic mass is 9.80. The van der Waals surface area contributed by atoms with Gasteiger partial charge in [0.25, 0.3) is 11.8 Å². The van der Waals surface area contributed by atoms with Crippen molar-refractivity contribution in [1.29, 1.82) is 0 Å². The van der Waals surface area contributed by atoms with Gasteiger partial charge >= 0.3 is 0 Å². The number of aliphatic imine (C=N–C) groups is 1. The van der Waals surface area contributed by atoms with E-state index in [1.54, 1.807) is 18.1 Å². The van der Waals surface area contributed by atoms with E-state index < -0.39 is 0 Å². The number of hydrogen-bond donors (Lipinski definition) is 1. The van der Waals surface area contributed by atoms with Gasteiger partial charge in [-0.05, 0) is 31.6 Å². The molecule has 2 amide bonds. The average molecular weight is 351 g/mol. The molecule has 136 valence electrons. The molecule has 0 aliphatic carbocycles. The summed E-state index contributed by atoms with van der Waals surface area (Å²) < 4.78 is 0. The quantitative estimate of drug-likeness (QED) is 0.890. The van der Waals surface area contributed by atoms with Crippen molar-refractivity contribution in [2.75, 3.05) is 20.1 Å². The van der Waals surface area contributed by atoms with Crippen molar-refractivity contribution in [3.63, 3.8) is 0 Å². The first-order valence-electron chi connectivity index (χ1n) is 8.81. The molecule has 2 aliphatic rings. The zero-order valence-electron chi connectivity index (χ0n) is 16.0. The number of aryl methyl sites for hydroxylation is 1. The monoisotopic (exact) mass is 351 g/mol. The average Bonchev–Trinajstić information content (AvgIpc) is 2.94. The van der Waals surface area contributed by atoms with Crippen molar-refractivity contribution in [2.45, 2.75) is 27.7 Å². The lowest BCUT2D eigenvalue weighted by molar-refractivity contribution is -0.116. The molecule has 0 bridgehead atoms. The third-order valence-corrected chi connectivity index (χ3v) is 5.11. The Morgan fingerprint density at radius 3 is 2.42 bits per heavy atom. The van der Waals surface area contributed by atoms with Crippen LogP contribution in [-0.4, -0.2) is 42.6 Å². The lowest BCUT2D eigenvalue weighted by Crippen LogP contribution is -2.36. The number of rotatable bonds is 2. The van der Waals surface area contributed by atoms with Crippen LogP contribution in [0.1, 0.15) is 36.7 Å². The fourth-order valence-electron chi connectivity index (χ4n) is 3.57. The van der Waals surface area contributed by atoms with Crippen LogP contribution in [0.5, 0.6) is 0 Å². The van der Waals surface area contributed by atoms with Crippen molar-refractivity contribution in [2.24, 2.45) is 10.4 Å². The maximum Gasteiger partial charge on any atom is 0.257 e. The van der Waals surface area contributed by atoms with Crippen LogP contribution in [0.2, 0.25) is 0 Å². The third kappa shape index (κ3) is 3.09. The van der Waals surface area contributed by atoms with Gasteiger partial charge in [0, 0.05) is 42.1 Å². The molecule has 1 N–H and O–H groups in total. The highest BCUT2D eigenvalue weighted by Crippen LogP contribution is 2.39. The SMILES string of the molecule is CNC(=O)C1=CN(C(=O)c2ccc(C)cc2)CC(C)(C)C2=C1C(C)=NC2. The van der Waals surface area contributed by atoms with Gasteiger partial charge < -0.3 is 10.2 Å². The molecule has 2 heterocycles. The largest absolute Gasteiger partial charge is 0.355 e. The van der Waals surface area contributed by atoms with Crippen LogP contribution in [0.3, 0.4) is 0 Å². The van der Waals surface area contributed by atoms with Crippen LogP contribution in [0, 0.1) is 12.3 Å². The Balaban J connectivity index is 2.09. The molecule has 1 aromatic carbocycles. The standard InChI is InChI=1S/C21H25N3O2/c1-13-6-8-15(9-7-13)20(26)24-11-16(19(25)22-5)18-14(2)23-10-17(18)21(3,4)12-24/h6-9,11H,10,12H2,1-5H3,(H,22,25). The highest BCUT2D eigenvalue weighted by Gasteiger charge is 2.38. The molecular weight excluding hydrogens is 326 g/mol. The van der Waals surface area contributed by atoms with E-state index in [1.165, 1.54) is 0 Å².